The van der Waals surface area contributed by atoms with Crippen molar-refractivity contribution in [3.8, 4) is 34.0 Å². The Hall–Kier alpha value is -6.04. The predicted octanol–water partition coefficient (Wildman–Crippen LogP) is 5.38. The zero-order valence-electron chi connectivity index (χ0n) is 27.4. The lowest BCUT2D eigenvalue weighted by Gasteiger charge is -2.21. The van der Waals surface area contributed by atoms with Crippen LogP contribution in [0.4, 0.5) is 4.39 Å². The summed E-state index contributed by atoms with van der Waals surface area (Å²) in [5.41, 5.74) is 3.08. The van der Waals surface area contributed by atoms with Crippen molar-refractivity contribution >= 4 is 17.7 Å². The fourth-order valence-corrected chi connectivity index (χ4v) is 5.88. The quantitative estimate of drug-likeness (QED) is 0.261. The van der Waals surface area contributed by atoms with Crippen LogP contribution in [0, 0.1) is 5.82 Å². The fourth-order valence-electron chi connectivity index (χ4n) is 5.88. The number of nitrogens with one attached hydrogen (secondary N) is 2. The van der Waals surface area contributed by atoms with Gasteiger partial charge >= 0.3 is 0 Å². The van der Waals surface area contributed by atoms with Crippen LogP contribution in [-0.2, 0) is 11.3 Å². The minimum absolute atomic E-state index is 0.0867. The van der Waals surface area contributed by atoms with Gasteiger partial charge in [0.15, 0.2) is 6.61 Å². The van der Waals surface area contributed by atoms with Crippen molar-refractivity contribution in [3.63, 3.8) is 0 Å². The van der Waals surface area contributed by atoms with Crippen molar-refractivity contribution in [1.29, 1.82) is 0 Å². The Labute approximate surface area is 287 Å². The molecule has 12 heteroatoms. The van der Waals surface area contributed by atoms with Gasteiger partial charge in [0, 0.05) is 30.1 Å². The van der Waals surface area contributed by atoms with Crippen LogP contribution in [-0.4, -0.2) is 64.6 Å². The minimum atomic E-state index is -0.696. The second-order valence-corrected chi connectivity index (χ2v) is 12.6. The van der Waals surface area contributed by atoms with Crippen molar-refractivity contribution in [3.05, 3.63) is 119 Å². The Balaban J connectivity index is 1.16. The third-order valence-corrected chi connectivity index (χ3v) is 8.64. The van der Waals surface area contributed by atoms with E-state index in [2.05, 4.69) is 20.8 Å². The third kappa shape index (κ3) is 7.05. The van der Waals surface area contributed by atoms with Crippen molar-refractivity contribution in [2.75, 3.05) is 19.7 Å². The molecule has 0 aliphatic carbocycles. The topological polar surface area (TPSA) is 136 Å². The lowest BCUT2D eigenvalue weighted by atomic mass is 10.0. The van der Waals surface area contributed by atoms with Gasteiger partial charge < -0.3 is 29.5 Å². The second-order valence-electron chi connectivity index (χ2n) is 12.6. The van der Waals surface area contributed by atoms with E-state index >= 15 is 4.39 Å². The third-order valence-electron chi connectivity index (χ3n) is 8.64. The number of fused-ring (bicyclic) bond motifs is 7. The van der Waals surface area contributed by atoms with Crippen LogP contribution in [0.2, 0.25) is 0 Å². The highest BCUT2D eigenvalue weighted by Gasteiger charge is 2.39. The second kappa shape index (κ2) is 13.8. The van der Waals surface area contributed by atoms with E-state index in [-0.39, 0.29) is 49.5 Å². The number of rotatable bonds is 3. The first-order chi connectivity index (χ1) is 24.2. The molecule has 0 unspecified atom stereocenters. The number of hydrogen-bond donors (Lipinski definition) is 2. The predicted molar refractivity (Wildman–Crippen MR) is 181 cm³/mol. The maximum atomic E-state index is 15.2. The summed E-state index contributed by atoms with van der Waals surface area (Å²) < 4.78 is 32.5. The molecule has 8 rings (SSSR count). The standard InChI is InChI=1S/C38H34FN5O6/c1-22(2)37-42-35(43-50-37)24-8-10-25(11-9-24)38(47)44-19-32-33(20-44)49-28-13-6-23(7-14-28)18-40-34(45)21-48-29-5-3-4-26(16-29)27-12-15-31(39)30(17-27)36(46)41-32/h3-17,22,32-33H,18-21H2,1-2H3,(H,40,45)(H,41,46)/t32-,33-/m0/s1. The molecule has 6 bridgehead atoms. The number of amides is 3. The largest absolute Gasteiger partial charge is 0.486 e. The first-order valence-corrected chi connectivity index (χ1v) is 16.3. The number of carbonyl (C=O) groups excluding carboxylic acids is 3. The summed E-state index contributed by atoms with van der Waals surface area (Å²) in [7, 11) is 0. The number of likely N-dealkylation sites (tertiary alicyclic amines) is 1. The van der Waals surface area contributed by atoms with Crippen molar-refractivity contribution in [1.82, 2.24) is 25.7 Å². The maximum absolute atomic E-state index is 15.2. The summed E-state index contributed by atoms with van der Waals surface area (Å²) in [4.78, 5) is 45.9. The summed E-state index contributed by atoms with van der Waals surface area (Å²) >= 11 is 0. The molecule has 2 N–H and O–H groups in total. The Kier molecular flexibility index (Phi) is 8.99. The molecule has 4 heterocycles. The van der Waals surface area contributed by atoms with Crippen LogP contribution in [0.15, 0.2) is 95.5 Å². The van der Waals surface area contributed by atoms with E-state index in [1.165, 1.54) is 12.1 Å². The monoisotopic (exact) mass is 675 g/mol. The van der Waals surface area contributed by atoms with E-state index in [9.17, 15) is 14.4 Å². The summed E-state index contributed by atoms with van der Waals surface area (Å²) in [6, 6.07) is 24.7. The zero-order valence-corrected chi connectivity index (χ0v) is 27.4. The van der Waals surface area contributed by atoms with Gasteiger partial charge in [-0.2, -0.15) is 4.98 Å². The fraction of sp³-hybridized carbons (Fsp3) is 0.237. The maximum Gasteiger partial charge on any atom is 0.258 e. The van der Waals surface area contributed by atoms with Gasteiger partial charge in [-0.15, -0.1) is 0 Å². The summed E-state index contributed by atoms with van der Waals surface area (Å²) in [5, 5.41) is 9.82. The van der Waals surface area contributed by atoms with Gasteiger partial charge in [0.2, 0.25) is 11.7 Å². The molecule has 2 atom stereocenters. The van der Waals surface area contributed by atoms with E-state index < -0.39 is 23.9 Å². The molecular weight excluding hydrogens is 641 g/mol. The van der Waals surface area contributed by atoms with Crippen LogP contribution in [0.3, 0.4) is 0 Å². The number of aromatic nitrogens is 2. The smallest absolute Gasteiger partial charge is 0.258 e. The molecule has 3 amide bonds. The van der Waals surface area contributed by atoms with Gasteiger partial charge in [0.25, 0.3) is 17.7 Å². The van der Waals surface area contributed by atoms with E-state index in [0.29, 0.717) is 45.5 Å². The molecule has 3 aliphatic heterocycles. The van der Waals surface area contributed by atoms with Gasteiger partial charge in [-0.25, -0.2) is 4.39 Å². The first kappa shape index (κ1) is 32.5. The molecule has 1 saturated heterocycles. The Bertz CT molecular complexity index is 2050. The normalized spacial score (nSPS) is 17.7. The van der Waals surface area contributed by atoms with Crippen molar-refractivity contribution in [2.24, 2.45) is 0 Å². The molecular formula is C38H34FN5O6. The van der Waals surface area contributed by atoms with Crippen molar-refractivity contribution in [2.45, 2.75) is 38.5 Å². The summed E-state index contributed by atoms with van der Waals surface area (Å²) in [6.07, 6.45) is -0.646. The molecule has 1 fully saturated rings. The molecule has 3 aliphatic rings. The molecule has 1 aromatic heterocycles. The highest BCUT2D eigenvalue weighted by Crippen LogP contribution is 2.28. The van der Waals surface area contributed by atoms with Crippen LogP contribution < -0.4 is 20.1 Å². The summed E-state index contributed by atoms with van der Waals surface area (Å²) in [5.74, 6) is 0.110. The van der Waals surface area contributed by atoms with Crippen molar-refractivity contribution < 1.29 is 32.8 Å². The number of ether oxygens (including phenoxy) is 2. The van der Waals surface area contributed by atoms with Gasteiger partial charge in [0.1, 0.15) is 23.4 Å². The van der Waals surface area contributed by atoms with Gasteiger partial charge in [-0.1, -0.05) is 61.5 Å². The zero-order chi connectivity index (χ0) is 34.8. The highest BCUT2D eigenvalue weighted by atomic mass is 19.1. The lowest BCUT2D eigenvalue weighted by Crippen LogP contribution is -2.45. The number of halogens is 1. The molecule has 5 aromatic rings. The molecule has 0 saturated carbocycles. The molecule has 4 aromatic carbocycles. The van der Waals surface area contributed by atoms with Crippen LogP contribution in [0.1, 0.15) is 51.9 Å². The van der Waals surface area contributed by atoms with Crippen LogP contribution >= 0.6 is 0 Å². The number of nitrogens with zero attached hydrogens (tertiary/aromatic N) is 3. The van der Waals surface area contributed by atoms with E-state index in [0.717, 1.165) is 5.56 Å². The molecule has 0 spiro atoms. The minimum Gasteiger partial charge on any atom is -0.486 e. The average Bonchev–Trinajstić information content (AvgIpc) is 3.78. The average molecular weight is 676 g/mol. The van der Waals surface area contributed by atoms with E-state index in [4.69, 9.17) is 14.0 Å². The van der Waals surface area contributed by atoms with Crippen LogP contribution in [0.25, 0.3) is 22.5 Å². The molecule has 50 heavy (non-hydrogen) atoms. The number of benzene rings is 4. The lowest BCUT2D eigenvalue weighted by molar-refractivity contribution is -0.123. The van der Waals surface area contributed by atoms with E-state index in [1.807, 2.05) is 26.0 Å². The Morgan fingerprint density at radius 1 is 0.900 bits per heavy atom. The van der Waals surface area contributed by atoms with E-state index in [1.54, 1.807) is 71.6 Å². The SMILES string of the molecule is CC(C)c1nc(-c2ccc(C(=O)N3C[C@@H]4NC(=O)c5cc(ccc5F)-c5cccc(c5)OCC(=O)NCc5ccc(cc5)O[C@H]4C3)cc2)no1. The molecule has 0 radical (unpaired) electrons. The molecule has 11 nitrogen and oxygen atoms in total. The number of hydrogen-bond acceptors (Lipinski definition) is 8. The Morgan fingerprint density at radius 3 is 2.42 bits per heavy atom. The van der Waals surface area contributed by atoms with Gasteiger partial charge in [-0.3, -0.25) is 14.4 Å². The van der Waals surface area contributed by atoms with Gasteiger partial charge in [-0.05, 0) is 65.2 Å². The first-order valence-electron chi connectivity index (χ1n) is 16.3. The molecule has 254 valence electrons. The highest BCUT2D eigenvalue weighted by molar-refractivity contribution is 5.97. The summed E-state index contributed by atoms with van der Waals surface area (Å²) in [6.45, 7) is 4.31. The Morgan fingerprint density at radius 2 is 1.66 bits per heavy atom. The van der Waals surface area contributed by atoms with Gasteiger partial charge in [0.05, 0.1) is 18.2 Å². The number of carbonyl (C=O) groups is 3. The van der Waals surface area contributed by atoms with Crippen LogP contribution in [0.5, 0.6) is 11.5 Å².